The summed E-state index contributed by atoms with van der Waals surface area (Å²) >= 11 is 0. The van der Waals surface area contributed by atoms with Crippen molar-refractivity contribution in [1.82, 2.24) is 0 Å². The highest BCUT2D eigenvalue weighted by molar-refractivity contribution is 6.09. The minimum absolute atomic E-state index is 0.0482. The normalized spacial score (nSPS) is 20.4. The van der Waals surface area contributed by atoms with Crippen LogP contribution < -0.4 is 4.90 Å². The molecule has 0 saturated carbocycles. The summed E-state index contributed by atoms with van der Waals surface area (Å²) in [6, 6.07) is 30.4. The number of nitriles is 2. The molecule has 0 saturated heterocycles. The average molecular weight is 580 g/mol. The highest BCUT2D eigenvalue weighted by Gasteiger charge is 2.41. The Kier molecular flexibility index (Phi) is 5.30. The zero-order valence-corrected chi connectivity index (χ0v) is 25.1. The van der Waals surface area contributed by atoms with E-state index in [2.05, 4.69) is 110 Å². The quantitative estimate of drug-likeness (QED) is 0.209. The van der Waals surface area contributed by atoms with Gasteiger partial charge in [-0.05, 0) is 94.8 Å². The van der Waals surface area contributed by atoms with Crippen molar-refractivity contribution in [2.75, 3.05) is 4.90 Å². The van der Waals surface area contributed by atoms with Crippen molar-refractivity contribution in [1.29, 1.82) is 10.5 Å². The summed E-state index contributed by atoms with van der Waals surface area (Å²) in [6.07, 6.45) is 12.6. The molecule has 0 radical (unpaired) electrons. The zero-order valence-electron chi connectivity index (χ0n) is 25.1. The number of anilines is 1. The molecule has 9 rings (SSSR count). The van der Waals surface area contributed by atoms with Gasteiger partial charge in [0.15, 0.2) is 0 Å². The Morgan fingerprint density at radius 3 is 2.58 bits per heavy atom. The van der Waals surface area contributed by atoms with Gasteiger partial charge in [0.05, 0.1) is 29.4 Å². The maximum atomic E-state index is 10.4. The number of hydrogen-bond acceptors (Lipinski definition) is 4. The first-order valence-electron chi connectivity index (χ1n) is 15.6. The number of hydrogen-bond donors (Lipinski definition) is 0. The second kappa shape index (κ2) is 9.21. The first-order chi connectivity index (χ1) is 22.0. The molecule has 1 aromatic heterocycles. The summed E-state index contributed by atoms with van der Waals surface area (Å²) < 4.78 is 6.48. The first kappa shape index (κ1) is 25.9. The first-order valence-corrected chi connectivity index (χ1v) is 15.6. The fourth-order valence-corrected chi connectivity index (χ4v) is 8.25. The topological polar surface area (TPSA) is 64.0 Å². The summed E-state index contributed by atoms with van der Waals surface area (Å²) in [5.74, 6) is 0.137. The second-order valence-electron chi connectivity index (χ2n) is 13.0. The molecule has 4 aromatic carbocycles. The lowest BCUT2D eigenvalue weighted by Gasteiger charge is -2.32. The van der Waals surface area contributed by atoms with Gasteiger partial charge in [0.25, 0.3) is 0 Å². The standard InChI is InChI=1S/C41H29N3O/c1-41(2)33-11-5-3-9-27(33)29-20-32-31-19-25(15-17-38(31)45-39(32)21-34(29)41)40-26(23-43)8-7-13-37(40)44-35-12-6-4-10-28(35)30-18-24(22-42)14-16-36(30)44/h3,5-9,11-21,30,36H,4,10H2,1-2H3. The van der Waals surface area contributed by atoms with Crippen LogP contribution in [0, 0.1) is 28.6 Å². The van der Waals surface area contributed by atoms with Crippen LogP contribution >= 0.6 is 0 Å². The predicted octanol–water partition coefficient (Wildman–Crippen LogP) is 9.86. The Balaban J connectivity index is 1.25. The maximum absolute atomic E-state index is 10.4. The number of nitrogens with zero attached hydrogens (tertiary/aromatic N) is 3. The third-order valence-corrected chi connectivity index (χ3v) is 10.4. The molecule has 2 unspecified atom stereocenters. The average Bonchev–Trinajstić information content (AvgIpc) is 3.68. The molecule has 2 heterocycles. The van der Waals surface area contributed by atoms with Gasteiger partial charge in [-0.3, -0.25) is 0 Å². The van der Waals surface area contributed by atoms with Crippen molar-refractivity contribution >= 4 is 27.6 Å². The van der Waals surface area contributed by atoms with Crippen molar-refractivity contribution in [3.63, 3.8) is 0 Å². The van der Waals surface area contributed by atoms with Gasteiger partial charge in [-0.25, -0.2) is 0 Å². The molecule has 4 nitrogen and oxygen atoms in total. The third-order valence-electron chi connectivity index (χ3n) is 10.4. The number of rotatable bonds is 2. The van der Waals surface area contributed by atoms with E-state index in [0.717, 1.165) is 51.6 Å². The van der Waals surface area contributed by atoms with Gasteiger partial charge in [-0.1, -0.05) is 68.5 Å². The smallest absolute Gasteiger partial charge is 0.135 e. The predicted molar refractivity (Wildman–Crippen MR) is 179 cm³/mol. The van der Waals surface area contributed by atoms with Crippen molar-refractivity contribution in [3.05, 3.63) is 137 Å². The lowest BCUT2D eigenvalue weighted by atomic mass is 9.82. The van der Waals surface area contributed by atoms with Crippen LogP contribution in [0.4, 0.5) is 5.69 Å². The van der Waals surface area contributed by atoms with Crippen molar-refractivity contribution in [2.45, 2.75) is 38.1 Å². The molecule has 1 aliphatic heterocycles. The van der Waals surface area contributed by atoms with Crippen LogP contribution in [0.1, 0.15) is 43.4 Å². The molecule has 4 heteroatoms. The van der Waals surface area contributed by atoms with Gasteiger partial charge in [0.2, 0.25) is 0 Å². The SMILES string of the molecule is CC1(C)c2ccccc2-c2cc3c(cc21)oc1ccc(-c2c(C#N)cccc2N2C4=C(CCC=C4)C4C=C(C#N)C=CC42)cc13. The Labute approximate surface area is 262 Å². The lowest BCUT2D eigenvalue weighted by Crippen LogP contribution is -2.33. The highest BCUT2D eigenvalue weighted by Crippen LogP contribution is 2.52. The van der Waals surface area contributed by atoms with E-state index in [9.17, 15) is 10.5 Å². The van der Waals surface area contributed by atoms with Crippen LogP contribution in [0.25, 0.3) is 44.2 Å². The van der Waals surface area contributed by atoms with Gasteiger partial charge in [0.1, 0.15) is 11.2 Å². The lowest BCUT2D eigenvalue weighted by molar-refractivity contribution is 0.647. The molecule has 5 aromatic rings. The number of allylic oxidation sites excluding steroid dienone is 4. The molecule has 0 fully saturated rings. The number of furan rings is 1. The fourth-order valence-electron chi connectivity index (χ4n) is 8.25. The van der Waals surface area contributed by atoms with E-state index in [1.54, 1.807) is 0 Å². The van der Waals surface area contributed by atoms with Gasteiger partial charge < -0.3 is 9.32 Å². The largest absolute Gasteiger partial charge is 0.456 e. The zero-order chi connectivity index (χ0) is 30.4. The molecule has 3 aliphatic carbocycles. The van der Waals surface area contributed by atoms with Crippen molar-refractivity contribution in [2.24, 2.45) is 5.92 Å². The summed E-state index contributed by atoms with van der Waals surface area (Å²) in [4.78, 5) is 2.39. The maximum Gasteiger partial charge on any atom is 0.135 e. The van der Waals surface area contributed by atoms with Crippen LogP contribution in [0.15, 0.2) is 124 Å². The molecule has 4 aliphatic rings. The van der Waals surface area contributed by atoms with E-state index >= 15 is 0 Å². The highest BCUT2D eigenvalue weighted by atomic mass is 16.3. The molecule has 0 spiro atoms. The van der Waals surface area contributed by atoms with Gasteiger partial charge in [-0.15, -0.1) is 0 Å². The minimum Gasteiger partial charge on any atom is -0.456 e. The van der Waals surface area contributed by atoms with Gasteiger partial charge in [0, 0.05) is 38.9 Å². The van der Waals surface area contributed by atoms with E-state index in [1.165, 1.54) is 33.5 Å². The van der Waals surface area contributed by atoms with Crippen LogP contribution in [0.3, 0.4) is 0 Å². The Morgan fingerprint density at radius 1 is 0.844 bits per heavy atom. The monoisotopic (exact) mass is 579 g/mol. The number of benzene rings is 4. The fraction of sp³-hybridized carbons (Fsp3) is 0.171. The van der Waals surface area contributed by atoms with Crippen molar-refractivity contribution < 1.29 is 4.42 Å². The van der Waals surface area contributed by atoms with E-state index in [-0.39, 0.29) is 17.4 Å². The van der Waals surface area contributed by atoms with Gasteiger partial charge in [-0.2, -0.15) is 10.5 Å². The molecule has 0 bridgehead atoms. The summed E-state index contributed by atoms with van der Waals surface area (Å²) in [5.41, 5.74) is 13.6. The summed E-state index contributed by atoms with van der Waals surface area (Å²) in [7, 11) is 0. The molecular formula is C41H29N3O. The van der Waals surface area contributed by atoms with E-state index < -0.39 is 0 Å². The molecular weight excluding hydrogens is 550 g/mol. The Morgan fingerprint density at radius 2 is 1.71 bits per heavy atom. The van der Waals surface area contributed by atoms with Crippen LogP contribution in [-0.2, 0) is 5.41 Å². The van der Waals surface area contributed by atoms with E-state index in [1.807, 2.05) is 24.3 Å². The molecule has 0 amide bonds. The molecule has 2 atom stereocenters. The minimum atomic E-state index is -0.101. The van der Waals surface area contributed by atoms with Crippen LogP contribution in [0.5, 0.6) is 0 Å². The molecule has 0 N–H and O–H groups in total. The van der Waals surface area contributed by atoms with Crippen molar-refractivity contribution in [3.8, 4) is 34.4 Å². The molecule has 45 heavy (non-hydrogen) atoms. The van der Waals surface area contributed by atoms with E-state index in [4.69, 9.17) is 4.42 Å². The Hall–Kier alpha value is -5.58. The second-order valence-corrected chi connectivity index (χ2v) is 13.0. The third kappa shape index (κ3) is 3.51. The number of fused-ring (bicyclic) bond motifs is 8. The van der Waals surface area contributed by atoms with Gasteiger partial charge >= 0.3 is 0 Å². The van der Waals surface area contributed by atoms with Crippen LogP contribution in [0.2, 0.25) is 0 Å². The summed E-state index contributed by atoms with van der Waals surface area (Å²) in [5, 5.41) is 22.2. The molecule has 214 valence electrons. The van der Waals surface area contributed by atoms with E-state index in [0.29, 0.717) is 11.1 Å². The van der Waals surface area contributed by atoms with Crippen LogP contribution in [-0.4, -0.2) is 6.04 Å². The Bertz CT molecular complexity index is 2350. The summed E-state index contributed by atoms with van der Waals surface area (Å²) in [6.45, 7) is 4.57.